The van der Waals surface area contributed by atoms with Crippen LogP contribution in [0.3, 0.4) is 0 Å². The van der Waals surface area contributed by atoms with Crippen molar-refractivity contribution >= 4 is 17.3 Å². The third kappa shape index (κ3) is 4.86. The first kappa shape index (κ1) is 15.5. The monoisotopic (exact) mass is 306 g/mol. The molecule has 0 bridgehead atoms. The van der Waals surface area contributed by atoms with Gasteiger partial charge in [-0.05, 0) is 19.4 Å². The second-order valence-corrected chi connectivity index (χ2v) is 5.73. The summed E-state index contributed by atoms with van der Waals surface area (Å²) in [6, 6.07) is 1.99. The third-order valence-corrected chi connectivity index (χ3v) is 4.14. The van der Waals surface area contributed by atoms with Crippen LogP contribution in [-0.4, -0.2) is 34.3 Å². The van der Waals surface area contributed by atoms with Crippen molar-refractivity contribution in [3.63, 3.8) is 0 Å². The maximum atomic E-state index is 4.46. The Hall–Kier alpha value is -1.89. The van der Waals surface area contributed by atoms with Crippen molar-refractivity contribution in [3.05, 3.63) is 34.0 Å². The molecule has 2 N–H and O–H groups in total. The fraction of sp³-hybridized carbons (Fsp3) is 0.500. The Morgan fingerprint density at radius 3 is 2.90 bits per heavy atom. The van der Waals surface area contributed by atoms with Gasteiger partial charge >= 0.3 is 0 Å². The maximum absolute atomic E-state index is 4.46. The quantitative estimate of drug-likeness (QED) is 0.482. The predicted octanol–water partition coefficient (Wildman–Crippen LogP) is 1.48. The number of nitrogens with zero attached hydrogens (tertiary/aromatic N) is 4. The van der Waals surface area contributed by atoms with Gasteiger partial charge in [-0.1, -0.05) is 0 Å². The molecular weight excluding hydrogens is 284 g/mol. The van der Waals surface area contributed by atoms with Crippen LogP contribution in [0.1, 0.15) is 22.8 Å². The molecule has 2 aromatic heterocycles. The van der Waals surface area contributed by atoms with Gasteiger partial charge in [-0.3, -0.25) is 9.67 Å². The molecule has 0 aliphatic rings. The molecule has 0 unspecified atom stereocenters. The van der Waals surface area contributed by atoms with E-state index in [0.717, 1.165) is 36.7 Å². The second-order valence-electron chi connectivity index (χ2n) is 4.78. The molecule has 0 amide bonds. The Bertz CT molecular complexity index is 586. The van der Waals surface area contributed by atoms with Crippen molar-refractivity contribution in [1.82, 2.24) is 25.4 Å². The van der Waals surface area contributed by atoms with E-state index < -0.39 is 0 Å². The summed E-state index contributed by atoms with van der Waals surface area (Å²) in [5.74, 6) is 0.812. The van der Waals surface area contributed by atoms with Crippen LogP contribution >= 0.6 is 11.3 Å². The minimum Gasteiger partial charge on any atom is -0.356 e. The molecule has 2 rings (SSSR count). The maximum Gasteiger partial charge on any atom is 0.191 e. The zero-order valence-electron chi connectivity index (χ0n) is 12.8. The smallest absolute Gasteiger partial charge is 0.191 e. The van der Waals surface area contributed by atoms with E-state index in [-0.39, 0.29) is 0 Å². The van der Waals surface area contributed by atoms with E-state index in [9.17, 15) is 0 Å². The van der Waals surface area contributed by atoms with Crippen LogP contribution in [0.15, 0.2) is 22.6 Å². The van der Waals surface area contributed by atoms with Gasteiger partial charge in [-0.25, -0.2) is 4.98 Å². The Morgan fingerprint density at radius 1 is 1.43 bits per heavy atom. The van der Waals surface area contributed by atoms with Crippen LogP contribution < -0.4 is 10.6 Å². The molecule has 0 aliphatic carbocycles. The number of aromatic nitrogens is 3. The van der Waals surface area contributed by atoms with Crippen LogP contribution in [0.5, 0.6) is 0 Å². The molecule has 2 aromatic rings. The lowest BCUT2D eigenvalue weighted by Gasteiger charge is -2.11. The fourth-order valence-corrected chi connectivity index (χ4v) is 2.75. The molecule has 21 heavy (non-hydrogen) atoms. The Kier molecular flexibility index (Phi) is 5.74. The molecule has 2 heterocycles. The summed E-state index contributed by atoms with van der Waals surface area (Å²) in [6.45, 7) is 3.62. The van der Waals surface area contributed by atoms with Gasteiger partial charge in [-0.2, -0.15) is 5.10 Å². The van der Waals surface area contributed by atoms with E-state index >= 15 is 0 Å². The largest absolute Gasteiger partial charge is 0.356 e. The number of hydrogen-bond acceptors (Lipinski definition) is 4. The highest BCUT2D eigenvalue weighted by molar-refractivity contribution is 7.09. The van der Waals surface area contributed by atoms with Gasteiger partial charge in [0.05, 0.1) is 17.2 Å². The van der Waals surface area contributed by atoms with E-state index in [1.54, 1.807) is 24.6 Å². The van der Waals surface area contributed by atoms with Crippen molar-refractivity contribution in [2.24, 2.45) is 12.0 Å². The average Bonchev–Trinajstić information content (AvgIpc) is 3.07. The van der Waals surface area contributed by atoms with Gasteiger partial charge in [0.15, 0.2) is 5.96 Å². The van der Waals surface area contributed by atoms with Gasteiger partial charge in [0.2, 0.25) is 0 Å². The van der Waals surface area contributed by atoms with Crippen molar-refractivity contribution in [2.75, 3.05) is 13.6 Å². The van der Waals surface area contributed by atoms with Crippen LogP contribution in [0.4, 0.5) is 0 Å². The summed E-state index contributed by atoms with van der Waals surface area (Å²) >= 11 is 1.73. The number of aryl methyl sites for hydroxylation is 3. The van der Waals surface area contributed by atoms with Gasteiger partial charge in [0.1, 0.15) is 0 Å². The molecule has 6 nitrogen and oxygen atoms in total. The standard InChI is InChI=1S/C14H22N6S/c1-11-10-21-13(19-11)5-4-7-16-14(15-2)17-9-12-6-8-18-20(12)3/h6,8,10H,4-5,7,9H2,1-3H3,(H2,15,16,17). The normalized spacial score (nSPS) is 11.7. The number of guanidine groups is 1. The number of aliphatic imine (C=N–C) groups is 1. The summed E-state index contributed by atoms with van der Waals surface area (Å²) in [5.41, 5.74) is 2.23. The molecule has 0 saturated heterocycles. The lowest BCUT2D eigenvalue weighted by molar-refractivity contribution is 0.679. The summed E-state index contributed by atoms with van der Waals surface area (Å²) < 4.78 is 1.85. The van der Waals surface area contributed by atoms with Gasteiger partial charge < -0.3 is 10.6 Å². The van der Waals surface area contributed by atoms with E-state index in [1.807, 2.05) is 24.7 Å². The Morgan fingerprint density at radius 2 is 2.29 bits per heavy atom. The lowest BCUT2D eigenvalue weighted by atomic mass is 10.3. The third-order valence-electron chi connectivity index (χ3n) is 3.11. The predicted molar refractivity (Wildman–Crippen MR) is 86.6 cm³/mol. The fourth-order valence-electron chi connectivity index (χ4n) is 1.93. The summed E-state index contributed by atoms with van der Waals surface area (Å²) in [6.07, 6.45) is 3.84. The van der Waals surface area contributed by atoms with Crippen molar-refractivity contribution < 1.29 is 0 Å². The minimum absolute atomic E-state index is 0.710. The lowest BCUT2D eigenvalue weighted by Crippen LogP contribution is -2.37. The molecule has 0 saturated carbocycles. The van der Waals surface area contributed by atoms with Gasteiger partial charge in [0.25, 0.3) is 0 Å². The molecule has 0 atom stereocenters. The van der Waals surface area contributed by atoms with Gasteiger partial charge in [-0.15, -0.1) is 11.3 Å². The molecule has 0 spiro atoms. The minimum atomic E-state index is 0.710. The number of thiazole rings is 1. The number of nitrogens with one attached hydrogen (secondary N) is 2. The van der Waals surface area contributed by atoms with Crippen molar-refractivity contribution in [2.45, 2.75) is 26.3 Å². The average molecular weight is 306 g/mol. The first-order valence-electron chi connectivity index (χ1n) is 7.01. The number of rotatable bonds is 6. The van der Waals surface area contributed by atoms with Crippen molar-refractivity contribution in [3.8, 4) is 0 Å². The topological polar surface area (TPSA) is 67.1 Å². The second kappa shape index (κ2) is 7.78. The first-order chi connectivity index (χ1) is 10.2. The first-order valence-corrected chi connectivity index (χ1v) is 7.89. The molecule has 114 valence electrons. The van der Waals surface area contributed by atoms with E-state index in [4.69, 9.17) is 0 Å². The summed E-state index contributed by atoms with van der Waals surface area (Å²) in [4.78, 5) is 8.68. The van der Waals surface area contributed by atoms with Crippen LogP contribution in [0, 0.1) is 6.92 Å². The van der Waals surface area contributed by atoms with Crippen LogP contribution in [0.25, 0.3) is 0 Å². The Labute approximate surface area is 129 Å². The Balaban J connectivity index is 1.67. The molecule has 7 heteroatoms. The highest BCUT2D eigenvalue weighted by atomic mass is 32.1. The van der Waals surface area contributed by atoms with E-state index in [0.29, 0.717) is 6.54 Å². The van der Waals surface area contributed by atoms with Crippen LogP contribution in [0.2, 0.25) is 0 Å². The van der Waals surface area contributed by atoms with Gasteiger partial charge in [0, 0.05) is 44.3 Å². The SMILES string of the molecule is CN=C(NCCCc1nc(C)cs1)NCc1ccnn1C. The number of hydrogen-bond donors (Lipinski definition) is 2. The molecule has 0 aromatic carbocycles. The summed E-state index contributed by atoms with van der Waals surface area (Å²) in [5, 5.41) is 14.0. The highest BCUT2D eigenvalue weighted by Gasteiger charge is 2.02. The highest BCUT2D eigenvalue weighted by Crippen LogP contribution is 2.10. The summed E-state index contributed by atoms with van der Waals surface area (Å²) in [7, 11) is 3.71. The zero-order valence-corrected chi connectivity index (χ0v) is 13.6. The van der Waals surface area contributed by atoms with E-state index in [1.165, 1.54) is 5.01 Å². The molecule has 0 fully saturated rings. The van der Waals surface area contributed by atoms with Crippen molar-refractivity contribution in [1.29, 1.82) is 0 Å². The molecule has 0 radical (unpaired) electrons. The molecular formula is C14H22N6S. The van der Waals surface area contributed by atoms with E-state index in [2.05, 4.69) is 31.1 Å². The zero-order chi connectivity index (χ0) is 15.1. The van der Waals surface area contributed by atoms with Crippen LogP contribution in [-0.2, 0) is 20.0 Å². The molecule has 0 aliphatic heterocycles.